The minimum absolute atomic E-state index is 0.00614. The fourth-order valence-corrected chi connectivity index (χ4v) is 3.79. The summed E-state index contributed by atoms with van der Waals surface area (Å²) in [4.78, 5) is 12.2. The topological polar surface area (TPSA) is 87.7 Å². The molecule has 0 aromatic heterocycles. The fraction of sp³-hybridized carbons (Fsp3) is 0.235. The number of sulfonamides is 1. The van der Waals surface area contributed by atoms with Gasteiger partial charge < -0.3 is 15.4 Å². The van der Waals surface area contributed by atoms with E-state index in [0.29, 0.717) is 5.69 Å². The van der Waals surface area contributed by atoms with Gasteiger partial charge in [0.2, 0.25) is 15.9 Å². The second kappa shape index (κ2) is 8.69. The van der Waals surface area contributed by atoms with Crippen molar-refractivity contribution in [2.75, 3.05) is 38.4 Å². The molecule has 9 heteroatoms. The molecule has 0 bridgehead atoms. The van der Waals surface area contributed by atoms with Crippen molar-refractivity contribution in [3.63, 3.8) is 0 Å². The number of hydrogen-bond donors (Lipinski definition) is 2. The Morgan fingerprint density at radius 1 is 1.19 bits per heavy atom. The number of carbonyl (C=O) groups is 1. The van der Waals surface area contributed by atoms with E-state index < -0.39 is 10.0 Å². The van der Waals surface area contributed by atoms with Gasteiger partial charge in [-0.25, -0.2) is 12.7 Å². The lowest BCUT2D eigenvalue weighted by molar-refractivity contribution is -0.114. The number of nitrogens with zero attached hydrogens (tertiary/aromatic N) is 1. The molecule has 0 aliphatic rings. The molecular weight excluding hydrogens is 469 g/mol. The van der Waals surface area contributed by atoms with Crippen LogP contribution in [0, 0.1) is 3.57 Å². The number of carbonyl (C=O) groups excluding carboxylic acids is 1. The first-order valence-corrected chi connectivity index (χ1v) is 10.2. The van der Waals surface area contributed by atoms with Gasteiger partial charge in [-0.05, 0) is 52.9 Å². The number of ether oxygens (including phenoxy) is 1. The summed E-state index contributed by atoms with van der Waals surface area (Å²) in [5.74, 6) is -0.0725. The second-order valence-electron chi connectivity index (χ2n) is 5.53. The third kappa shape index (κ3) is 4.86. The van der Waals surface area contributed by atoms with E-state index >= 15 is 0 Å². The molecule has 0 heterocycles. The zero-order valence-corrected chi connectivity index (χ0v) is 17.6. The van der Waals surface area contributed by atoms with Crippen LogP contribution in [0.1, 0.15) is 0 Å². The van der Waals surface area contributed by atoms with Gasteiger partial charge in [-0.1, -0.05) is 12.1 Å². The van der Waals surface area contributed by atoms with Crippen LogP contribution in [0.25, 0.3) is 0 Å². The van der Waals surface area contributed by atoms with E-state index in [-0.39, 0.29) is 23.1 Å². The van der Waals surface area contributed by atoms with Gasteiger partial charge in [-0.3, -0.25) is 4.79 Å². The molecule has 2 aromatic rings. The summed E-state index contributed by atoms with van der Waals surface area (Å²) >= 11 is 2.18. The van der Waals surface area contributed by atoms with Crippen molar-refractivity contribution in [3.05, 3.63) is 46.0 Å². The van der Waals surface area contributed by atoms with Crippen LogP contribution in [0.15, 0.2) is 47.4 Å². The third-order valence-corrected chi connectivity index (χ3v) is 6.30. The van der Waals surface area contributed by atoms with E-state index in [1.54, 1.807) is 6.07 Å². The van der Waals surface area contributed by atoms with Gasteiger partial charge in [0.15, 0.2) is 0 Å². The van der Waals surface area contributed by atoms with Gasteiger partial charge in [0, 0.05) is 29.0 Å². The summed E-state index contributed by atoms with van der Waals surface area (Å²) in [7, 11) is 0.570. The van der Waals surface area contributed by atoms with Crippen LogP contribution >= 0.6 is 22.6 Å². The number of halogens is 1. The molecule has 0 aliphatic heterocycles. The van der Waals surface area contributed by atoms with Crippen LogP contribution < -0.4 is 15.4 Å². The molecule has 2 N–H and O–H groups in total. The highest BCUT2D eigenvalue weighted by atomic mass is 127. The molecule has 0 aliphatic carbocycles. The molecular formula is C17H20IN3O4S. The van der Waals surface area contributed by atoms with Crippen LogP contribution in [0.3, 0.4) is 0 Å². The molecule has 0 fully saturated rings. The van der Waals surface area contributed by atoms with Crippen molar-refractivity contribution in [1.82, 2.24) is 4.31 Å². The van der Waals surface area contributed by atoms with Crippen LogP contribution in [-0.2, 0) is 14.8 Å². The summed E-state index contributed by atoms with van der Waals surface area (Å²) in [5.41, 5.74) is 1.23. The van der Waals surface area contributed by atoms with Crippen molar-refractivity contribution >= 4 is 49.9 Å². The molecule has 7 nitrogen and oxygen atoms in total. The smallest absolute Gasteiger partial charge is 0.246 e. The van der Waals surface area contributed by atoms with Crippen molar-refractivity contribution in [2.24, 2.45) is 0 Å². The zero-order valence-electron chi connectivity index (χ0n) is 14.6. The zero-order chi connectivity index (χ0) is 19.3. The molecule has 1 amide bonds. The number of para-hydroxylation sites is 1. The lowest BCUT2D eigenvalue weighted by Gasteiger charge is -2.16. The normalized spacial score (nSPS) is 11.3. The third-order valence-electron chi connectivity index (χ3n) is 3.52. The van der Waals surface area contributed by atoms with Gasteiger partial charge in [-0.2, -0.15) is 0 Å². The molecule has 2 rings (SSSR count). The lowest BCUT2D eigenvalue weighted by atomic mass is 10.3. The number of amides is 1. The maximum absolute atomic E-state index is 12.4. The lowest BCUT2D eigenvalue weighted by Crippen LogP contribution is -2.24. The van der Waals surface area contributed by atoms with Gasteiger partial charge in [0.05, 0.1) is 13.7 Å². The largest absolute Gasteiger partial charge is 0.495 e. The molecule has 0 atom stereocenters. The Morgan fingerprint density at radius 2 is 1.88 bits per heavy atom. The standard InChI is InChI=1S/C17H20IN3O4S/c1-21(2)26(23,24)16-10-12(8-9-15(16)25-3)20-17(22)11-19-14-7-5-4-6-13(14)18/h4-10,19H,11H2,1-3H3,(H,20,22). The molecule has 2 aromatic carbocycles. The number of methoxy groups -OCH3 is 1. The van der Waals surface area contributed by atoms with E-state index in [0.717, 1.165) is 13.6 Å². The SMILES string of the molecule is COc1ccc(NC(=O)CNc2ccccc2I)cc1S(=O)(=O)N(C)C. The number of nitrogens with one attached hydrogen (secondary N) is 2. The van der Waals surface area contributed by atoms with Crippen molar-refractivity contribution in [2.45, 2.75) is 4.90 Å². The van der Waals surface area contributed by atoms with E-state index in [9.17, 15) is 13.2 Å². The molecule has 0 unspecified atom stereocenters. The van der Waals surface area contributed by atoms with Crippen molar-refractivity contribution < 1.29 is 17.9 Å². The van der Waals surface area contributed by atoms with Crippen LogP contribution in [0.2, 0.25) is 0 Å². The Hall–Kier alpha value is -1.85. The summed E-state index contributed by atoms with van der Waals surface area (Å²) in [6, 6.07) is 12.1. The Bertz CT molecular complexity index is 901. The van der Waals surface area contributed by atoms with E-state index in [4.69, 9.17) is 4.74 Å². The Morgan fingerprint density at radius 3 is 2.50 bits per heavy atom. The monoisotopic (exact) mass is 489 g/mol. The highest BCUT2D eigenvalue weighted by Gasteiger charge is 2.23. The highest BCUT2D eigenvalue weighted by molar-refractivity contribution is 14.1. The summed E-state index contributed by atoms with van der Waals surface area (Å²) in [5, 5.41) is 5.74. The van der Waals surface area contributed by atoms with E-state index in [1.807, 2.05) is 24.3 Å². The van der Waals surface area contributed by atoms with E-state index in [2.05, 4.69) is 33.2 Å². The number of benzene rings is 2. The number of hydrogen-bond acceptors (Lipinski definition) is 5. The van der Waals surface area contributed by atoms with Gasteiger partial charge in [0.25, 0.3) is 0 Å². The fourth-order valence-electron chi connectivity index (χ4n) is 2.14. The first-order chi connectivity index (χ1) is 12.3. The molecule has 0 saturated carbocycles. The Labute approximate surface area is 166 Å². The maximum atomic E-state index is 12.4. The van der Waals surface area contributed by atoms with Crippen LogP contribution in [0.4, 0.5) is 11.4 Å². The first-order valence-electron chi connectivity index (χ1n) is 7.64. The molecule has 26 heavy (non-hydrogen) atoms. The average molecular weight is 489 g/mol. The predicted molar refractivity (Wildman–Crippen MR) is 110 cm³/mol. The minimum atomic E-state index is -3.70. The molecule has 140 valence electrons. The van der Waals surface area contributed by atoms with Gasteiger partial charge in [-0.15, -0.1) is 0 Å². The van der Waals surface area contributed by atoms with Crippen molar-refractivity contribution in [3.8, 4) is 5.75 Å². The molecule has 0 spiro atoms. The average Bonchev–Trinajstić information content (AvgIpc) is 2.60. The quantitative estimate of drug-likeness (QED) is 0.584. The Kier molecular flexibility index (Phi) is 6.84. The minimum Gasteiger partial charge on any atom is -0.495 e. The van der Waals surface area contributed by atoms with Crippen LogP contribution in [-0.4, -0.2) is 46.4 Å². The molecule has 0 radical (unpaired) electrons. The Balaban J connectivity index is 2.14. The van der Waals surface area contributed by atoms with E-state index in [1.165, 1.54) is 33.3 Å². The van der Waals surface area contributed by atoms with Gasteiger partial charge in [0.1, 0.15) is 10.6 Å². The van der Waals surface area contributed by atoms with Crippen molar-refractivity contribution in [1.29, 1.82) is 0 Å². The van der Waals surface area contributed by atoms with Crippen LogP contribution in [0.5, 0.6) is 5.75 Å². The predicted octanol–water partition coefficient (Wildman–Crippen LogP) is 2.60. The van der Waals surface area contributed by atoms with Gasteiger partial charge >= 0.3 is 0 Å². The maximum Gasteiger partial charge on any atom is 0.246 e. The number of anilines is 2. The summed E-state index contributed by atoms with van der Waals surface area (Å²) in [6.45, 7) is 0.0573. The molecule has 0 saturated heterocycles. The second-order valence-corrected chi connectivity index (χ2v) is 8.82. The first kappa shape index (κ1) is 20.5. The highest BCUT2D eigenvalue weighted by Crippen LogP contribution is 2.28. The summed E-state index contributed by atoms with van der Waals surface area (Å²) < 4.78 is 32.1. The summed E-state index contributed by atoms with van der Waals surface area (Å²) in [6.07, 6.45) is 0. The number of rotatable bonds is 7.